The number of nitrogens with zero attached hydrogens (tertiary/aromatic N) is 1. The second-order valence-electron chi connectivity index (χ2n) is 5.15. The lowest BCUT2D eigenvalue weighted by atomic mass is 10.1. The van der Waals surface area contributed by atoms with Gasteiger partial charge >= 0.3 is 5.97 Å². The summed E-state index contributed by atoms with van der Waals surface area (Å²) in [6, 6.07) is 0. The number of hydrogen-bond donors (Lipinski definition) is 1. The Morgan fingerprint density at radius 3 is 2.33 bits per heavy atom. The summed E-state index contributed by atoms with van der Waals surface area (Å²) < 4.78 is 35.4. The molecule has 1 atom stereocenters. The maximum Gasteiger partial charge on any atom is 0.308 e. The van der Waals surface area contributed by atoms with Crippen LogP contribution < -0.4 is 0 Å². The first-order chi connectivity index (χ1) is 8.07. The zero-order chi connectivity index (χ0) is 14.4. The average Bonchev–Trinajstić information content (AvgIpc) is 2.24. The van der Waals surface area contributed by atoms with Crippen molar-refractivity contribution < 1.29 is 27.0 Å². The topological polar surface area (TPSA) is 80.7 Å². The van der Waals surface area contributed by atoms with Crippen LogP contribution in [0.25, 0.3) is 0 Å². The molecule has 0 heterocycles. The fourth-order valence-corrected chi connectivity index (χ4v) is 1.90. The summed E-state index contributed by atoms with van der Waals surface area (Å²) in [6.07, 6.45) is 0.736. The molecule has 7 heteroatoms. The monoisotopic (exact) mass is 282 g/mol. The van der Waals surface area contributed by atoms with Crippen LogP contribution in [0.15, 0.2) is 0 Å². The van der Waals surface area contributed by atoms with E-state index in [0.717, 1.165) is 6.42 Å². The van der Waals surface area contributed by atoms with Crippen LogP contribution in [-0.4, -0.2) is 63.0 Å². The van der Waals surface area contributed by atoms with Gasteiger partial charge in [0.05, 0.1) is 26.6 Å². The van der Waals surface area contributed by atoms with Gasteiger partial charge in [0, 0.05) is 0 Å². The van der Waals surface area contributed by atoms with E-state index in [1.807, 2.05) is 21.0 Å². The van der Waals surface area contributed by atoms with Crippen LogP contribution >= 0.6 is 0 Å². The molecule has 0 bridgehead atoms. The van der Waals surface area contributed by atoms with E-state index in [2.05, 4.69) is 0 Å². The molecule has 0 spiro atoms. The summed E-state index contributed by atoms with van der Waals surface area (Å²) in [6.45, 7) is 4.76. The third-order valence-corrected chi connectivity index (χ3v) is 3.61. The smallest absolute Gasteiger partial charge is 0.308 e. The van der Waals surface area contributed by atoms with Crippen LogP contribution in [0.3, 0.4) is 0 Å². The van der Waals surface area contributed by atoms with Gasteiger partial charge in [0.2, 0.25) is 0 Å². The van der Waals surface area contributed by atoms with E-state index in [0.29, 0.717) is 11.0 Å². The third kappa shape index (κ3) is 8.43. The molecular formula is C11H24NO5S+. The van der Waals surface area contributed by atoms with Crippen LogP contribution in [-0.2, 0) is 19.6 Å². The van der Waals surface area contributed by atoms with E-state index in [9.17, 15) is 13.2 Å². The Labute approximate surface area is 109 Å². The molecule has 0 fully saturated rings. The first kappa shape index (κ1) is 17.3. The van der Waals surface area contributed by atoms with Gasteiger partial charge in [-0.05, 0) is 6.42 Å². The summed E-state index contributed by atoms with van der Waals surface area (Å²) in [7, 11) is -0.296. The fraction of sp³-hybridized carbons (Fsp3) is 0.909. The molecule has 1 N–H and O–H groups in total. The van der Waals surface area contributed by atoms with Gasteiger partial charge < -0.3 is 9.22 Å². The Hall–Kier alpha value is -0.660. The van der Waals surface area contributed by atoms with Gasteiger partial charge in [-0.3, -0.25) is 9.35 Å². The van der Waals surface area contributed by atoms with E-state index in [1.165, 1.54) is 0 Å². The van der Waals surface area contributed by atoms with Gasteiger partial charge in [-0.15, -0.1) is 0 Å². The molecule has 0 aromatic rings. The van der Waals surface area contributed by atoms with Gasteiger partial charge in [0.15, 0.2) is 0 Å². The van der Waals surface area contributed by atoms with Crippen molar-refractivity contribution in [3.8, 4) is 0 Å². The number of carbonyl (C=O) groups excluding carboxylic acids is 1. The predicted molar refractivity (Wildman–Crippen MR) is 68.7 cm³/mol. The number of quaternary nitrogens is 1. The Morgan fingerprint density at radius 1 is 1.33 bits per heavy atom. The number of carbonyl (C=O) groups is 1. The van der Waals surface area contributed by atoms with Gasteiger partial charge in [-0.1, -0.05) is 13.8 Å². The zero-order valence-electron chi connectivity index (χ0n) is 11.5. The second kappa shape index (κ2) is 7.06. The lowest BCUT2D eigenvalue weighted by molar-refractivity contribution is -0.888. The molecule has 6 nitrogen and oxygen atoms in total. The maximum atomic E-state index is 11.4. The van der Waals surface area contributed by atoms with E-state index in [-0.39, 0.29) is 30.8 Å². The predicted octanol–water partition coefficient (Wildman–Crippen LogP) is 0.540. The summed E-state index contributed by atoms with van der Waals surface area (Å²) in [5.74, 6) is -0.634. The summed E-state index contributed by atoms with van der Waals surface area (Å²) in [4.78, 5) is 11.4. The highest BCUT2D eigenvalue weighted by Crippen LogP contribution is 2.04. The van der Waals surface area contributed by atoms with E-state index in [4.69, 9.17) is 9.29 Å². The number of ether oxygens (including phenoxy) is 1. The van der Waals surface area contributed by atoms with Crippen molar-refractivity contribution in [3.63, 3.8) is 0 Å². The van der Waals surface area contributed by atoms with Gasteiger partial charge in [0.25, 0.3) is 10.1 Å². The van der Waals surface area contributed by atoms with E-state index < -0.39 is 10.1 Å². The quantitative estimate of drug-likeness (QED) is 0.399. The fourth-order valence-electron chi connectivity index (χ4n) is 1.18. The number of hydrogen-bond acceptors (Lipinski definition) is 4. The highest BCUT2D eigenvalue weighted by atomic mass is 32.2. The first-order valence-corrected chi connectivity index (χ1v) is 7.62. The molecule has 0 aliphatic carbocycles. The van der Waals surface area contributed by atoms with Gasteiger partial charge in [0.1, 0.15) is 18.9 Å². The minimum absolute atomic E-state index is 0.113. The average molecular weight is 282 g/mol. The molecule has 0 aromatic carbocycles. The Kier molecular flexibility index (Phi) is 6.80. The molecule has 1 unspecified atom stereocenters. The largest absolute Gasteiger partial charge is 0.459 e. The van der Waals surface area contributed by atoms with Crippen molar-refractivity contribution in [2.24, 2.45) is 5.92 Å². The van der Waals surface area contributed by atoms with Crippen molar-refractivity contribution >= 4 is 16.1 Å². The van der Waals surface area contributed by atoms with Crippen LogP contribution in [0.1, 0.15) is 20.3 Å². The maximum absolute atomic E-state index is 11.4. The molecule has 0 saturated carbocycles. The Morgan fingerprint density at radius 2 is 1.89 bits per heavy atom. The van der Waals surface area contributed by atoms with Crippen LogP contribution in [0, 0.1) is 5.92 Å². The van der Waals surface area contributed by atoms with Crippen molar-refractivity contribution in [1.82, 2.24) is 0 Å². The molecule has 0 aliphatic rings. The van der Waals surface area contributed by atoms with Gasteiger partial charge in [-0.25, -0.2) is 0 Å². The Balaban J connectivity index is 4.01. The van der Waals surface area contributed by atoms with Crippen LogP contribution in [0.2, 0.25) is 0 Å². The lowest BCUT2D eigenvalue weighted by Crippen LogP contribution is -2.45. The molecule has 0 amide bonds. The number of likely N-dealkylation sites (N-methyl/N-ethyl adjacent to an activating group) is 1. The van der Waals surface area contributed by atoms with Gasteiger partial charge in [-0.2, -0.15) is 8.42 Å². The zero-order valence-corrected chi connectivity index (χ0v) is 12.4. The Bertz CT molecular complexity index is 364. The molecule has 108 valence electrons. The second-order valence-corrected chi connectivity index (χ2v) is 6.72. The summed E-state index contributed by atoms with van der Waals surface area (Å²) in [5, 5.41) is 0. The molecule has 18 heavy (non-hydrogen) atoms. The first-order valence-electron chi connectivity index (χ1n) is 6.01. The number of esters is 1. The highest BCUT2D eigenvalue weighted by Gasteiger charge is 2.20. The molecule has 0 saturated heterocycles. The third-order valence-electron chi connectivity index (χ3n) is 2.91. The van der Waals surface area contributed by atoms with Crippen molar-refractivity contribution in [2.75, 3.05) is 39.5 Å². The molecule has 0 aliphatic heterocycles. The normalized spacial score (nSPS) is 14.3. The molecule has 0 radical (unpaired) electrons. The minimum atomic E-state index is -3.94. The molecule has 0 rings (SSSR count). The highest BCUT2D eigenvalue weighted by molar-refractivity contribution is 7.85. The van der Waals surface area contributed by atoms with Crippen LogP contribution in [0.4, 0.5) is 0 Å². The summed E-state index contributed by atoms with van der Waals surface area (Å²) in [5.41, 5.74) is 0. The van der Waals surface area contributed by atoms with E-state index >= 15 is 0 Å². The lowest BCUT2D eigenvalue weighted by Gasteiger charge is -2.29. The standard InChI is InChI=1S/C11H23NO5S/c1-5-10(2)11(13)17-8-6-12(3,4)7-9-18(14,15)16/h10H,5-9H2,1-4H3/p+1. The van der Waals surface area contributed by atoms with Crippen molar-refractivity contribution in [2.45, 2.75) is 20.3 Å². The van der Waals surface area contributed by atoms with Crippen molar-refractivity contribution in [1.29, 1.82) is 0 Å². The SMILES string of the molecule is CCC(C)C(=O)OCC[N+](C)(C)CCS(=O)(=O)O. The van der Waals surface area contributed by atoms with Crippen LogP contribution in [0.5, 0.6) is 0 Å². The van der Waals surface area contributed by atoms with Crippen molar-refractivity contribution in [3.05, 3.63) is 0 Å². The summed E-state index contributed by atoms with van der Waals surface area (Å²) >= 11 is 0. The van der Waals surface area contributed by atoms with E-state index in [1.54, 1.807) is 6.92 Å². The minimum Gasteiger partial charge on any atom is -0.459 e. The molecule has 0 aromatic heterocycles. The number of rotatable bonds is 8. The molecular weight excluding hydrogens is 258 g/mol.